The first kappa shape index (κ1) is 12.2. The molecule has 0 spiro atoms. The molecule has 0 saturated heterocycles. The molecule has 0 amide bonds. The highest BCUT2D eigenvalue weighted by Gasteiger charge is 2.09. The molecule has 1 heterocycles. The molecule has 5 heteroatoms. The van der Waals surface area contributed by atoms with Gasteiger partial charge in [0.25, 0.3) is 5.56 Å². The second-order valence-electron chi connectivity index (χ2n) is 3.83. The monoisotopic (exact) mass is 246 g/mol. The van der Waals surface area contributed by atoms with E-state index >= 15 is 0 Å². The predicted octanol–water partition coefficient (Wildman–Crippen LogP) is 1.19. The van der Waals surface area contributed by atoms with Crippen molar-refractivity contribution in [2.75, 3.05) is 0 Å². The SMILES string of the molecule is O=C(Cc1ccccc1F)Cn1ncccc1=O. The summed E-state index contributed by atoms with van der Waals surface area (Å²) in [4.78, 5) is 23.1. The Morgan fingerprint density at radius 2 is 2.00 bits per heavy atom. The normalized spacial score (nSPS) is 10.3. The van der Waals surface area contributed by atoms with Crippen LogP contribution in [0.1, 0.15) is 5.56 Å². The molecule has 0 fully saturated rings. The van der Waals surface area contributed by atoms with Crippen LogP contribution in [0.3, 0.4) is 0 Å². The summed E-state index contributed by atoms with van der Waals surface area (Å²) in [6.45, 7) is -0.145. The van der Waals surface area contributed by atoms with Crippen LogP contribution in [0.25, 0.3) is 0 Å². The fourth-order valence-electron chi connectivity index (χ4n) is 1.58. The highest BCUT2D eigenvalue weighted by molar-refractivity contribution is 5.80. The largest absolute Gasteiger partial charge is 0.297 e. The fourth-order valence-corrected chi connectivity index (χ4v) is 1.58. The molecule has 0 unspecified atom stereocenters. The molecular weight excluding hydrogens is 235 g/mol. The van der Waals surface area contributed by atoms with E-state index in [9.17, 15) is 14.0 Å². The minimum absolute atomic E-state index is 0.0459. The third-order valence-electron chi connectivity index (χ3n) is 2.46. The Labute approximate surface area is 103 Å². The van der Waals surface area contributed by atoms with Gasteiger partial charge in [-0.3, -0.25) is 9.59 Å². The molecule has 0 N–H and O–H groups in total. The zero-order valence-corrected chi connectivity index (χ0v) is 9.54. The van der Waals surface area contributed by atoms with Crippen molar-refractivity contribution in [3.05, 3.63) is 64.3 Å². The Balaban J connectivity index is 2.09. The van der Waals surface area contributed by atoms with E-state index in [2.05, 4.69) is 5.10 Å². The third-order valence-corrected chi connectivity index (χ3v) is 2.46. The molecule has 0 radical (unpaired) electrons. The van der Waals surface area contributed by atoms with Crippen LogP contribution in [-0.2, 0) is 17.8 Å². The second-order valence-corrected chi connectivity index (χ2v) is 3.83. The van der Waals surface area contributed by atoms with Gasteiger partial charge in [-0.1, -0.05) is 18.2 Å². The number of aromatic nitrogens is 2. The topological polar surface area (TPSA) is 52.0 Å². The molecule has 0 aliphatic rings. The van der Waals surface area contributed by atoms with Gasteiger partial charge >= 0.3 is 0 Å². The van der Waals surface area contributed by atoms with Gasteiger partial charge in [-0.25, -0.2) is 9.07 Å². The van der Waals surface area contributed by atoms with Gasteiger partial charge in [0.1, 0.15) is 12.4 Å². The Hall–Kier alpha value is -2.30. The van der Waals surface area contributed by atoms with Crippen LogP contribution >= 0.6 is 0 Å². The number of rotatable bonds is 4. The molecule has 1 aromatic carbocycles. The number of benzene rings is 1. The lowest BCUT2D eigenvalue weighted by Gasteiger charge is -2.04. The van der Waals surface area contributed by atoms with Crippen molar-refractivity contribution in [2.45, 2.75) is 13.0 Å². The molecule has 0 atom stereocenters. The summed E-state index contributed by atoms with van der Waals surface area (Å²) in [6, 6.07) is 8.90. The summed E-state index contributed by atoms with van der Waals surface area (Å²) in [7, 11) is 0. The van der Waals surface area contributed by atoms with Crippen LogP contribution in [0, 0.1) is 5.82 Å². The van der Waals surface area contributed by atoms with Crippen LogP contribution in [0.2, 0.25) is 0 Å². The van der Waals surface area contributed by atoms with Gasteiger partial charge in [-0.15, -0.1) is 0 Å². The number of ketones is 1. The van der Waals surface area contributed by atoms with Gasteiger partial charge in [0.2, 0.25) is 0 Å². The summed E-state index contributed by atoms with van der Waals surface area (Å²) in [6.07, 6.45) is 1.38. The molecule has 18 heavy (non-hydrogen) atoms. The van der Waals surface area contributed by atoms with Gasteiger partial charge in [-0.05, 0) is 17.7 Å². The Bertz CT molecular complexity index is 622. The summed E-state index contributed by atoms with van der Waals surface area (Å²) >= 11 is 0. The van der Waals surface area contributed by atoms with E-state index in [1.807, 2.05) is 0 Å². The average molecular weight is 246 g/mol. The van der Waals surface area contributed by atoms with Gasteiger partial charge in [0.15, 0.2) is 5.78 Å². The van der Waals surface area contributed by atoms with Crippen molar-refractivity contribution in [2.24, 2.45) is 0 Å². The summed E-state index contributed by atoms with van der Waals surface area (Å²) in [5, 5.41) is 3.77. The van der Waals surface area contributed by atoms with E-state index < -0.39 is 5.82 Å². The number of nitrogens with zero attached hydrogens (tertiary/aromatic N) is 2. The lowest BCUT2D eigenvalue weighted by molar-refractivity contribution is -0.119. The fraction of sp³-hybridized carbons (Fsp3) is 0.154. The maximum atomic E-state index is 13.3. The van der Waals surface area contributed by atoms with E-state index in [4.69, 9.17) is 0 Å². The number of carbonyl (C=O) groups is 1. The summed E-state index contributed by atoms with van der Waals surface area (Å²) < 4.78 is 14.4. The number of carbonyl (C=O) groups excluding carboxylic acids is 1. The first-order valence-corrected chi connectivity index (χ1v) is 5.44. The first-order chi connectivity index (χ1) is 8.66. The van der Waals surface area contributed by atoms with Crippen LogP contribution in [0.4, 0.5) is 4.39 Å². The van der Waals surface area contributed by atoms with E-state index in [0.717, 1.165) is 4.68 Å². The van der Waals surface area contributed by atoms with E-state index in [-0.39, 0.29) is 24.3 Å². The van der Waals surface area contributed by atoms with Crippen molar-refractivity contribution in [3.8, 4) is 0 Å². The van der Waals surface area contributed by atoms with Gasteiger partial charge in [0, 0.05) is 18.7 Å². The molecule has 0 bridgehead atoms. The van der Waals surface area contributed by atoms with Crippen LogP contribution < -0.4 is 5.56 Å². The molecule has 0 aliphatic carbocycles. The number of hydrogen-bond acceptors (Lipinski definition) is 3. The number of hydrogen-bond donors (Lipinski definition) is 0. The quantitative estimate of drug-likeness (QED) is 0.814. The molecule has 4 nitrogen and oxygen atoms in total. The minimum Gasteiger partial charge on any atom is -0.297 e. The average Bonchev–Trinajstić information content (AvgIpc) is 2.35. The van der Waals surface area contributed by atoms with Crippen LogP contribution in [0.15, 0.2) is 47.4 Å². The Morgan fingerprint density at radius 1 is 1.22 bits per heavy atom. The zero-order valence-electron chi connectivity index (χ0n) is 9.54. The highest BCUT2D eigenvalue weighted by atomic mass is 19.1. The lowest BCUT2D eigenvalue weighted by atomic mass is 10.1. The van der Waals surface area contributed by atoms with Crippen LogP contribution in [-0.4, -0.2) is 15.6 Å². The Morgan fingerprint density at radius 3 is 2.72 bits per heavy atom. The molecule has 2 rings (SSSR count). The van der Waals surface area contributed by atoms with Gasteiger partial charge < -0.3 is 0 Å². The van der Waals surface area contributed by atoms with Crippen molar-refractivity contribution >= 4 is 5.78 Å². The van der Waals surface area contributed by atoms with E-state index in [0.29, 0.717) is 5.56 Å². The van der Waals surface area contributed by atoms with E-state index in [1.165, 1.54) is 24.4 Å². The first-order valence-electron chi connectivity index (χ1n) is 5.44. The smallest absolute Gasteiger partial charge is 0.267 e. The molecule has 2 aromatic rings. The summed E-state index contributed by atoms with van der Waals surface area (Å²) in [5.74, 6) is -0.680. The zero-order chi connectivity index (χ0) is 13.0. The molecule has 92 valence electrons. The lowest BCUT2D eigenvalue weighted by Crippen LogP contribution is -2.26. The predicted molar refractivity (Wildman–Crippen MR) is 63.6 cm³/mol. The molecular formula is C13H11FN2O2. The number of Topliss-reactive ketones (excluding diaryl/α,β-unsaturated/α-hetero) is 1. The highest BCUT2D eigenvalue weighted by Crippen LogP contribution is 2.07. The molecule has 0 saturated carbocycles. The van der Waals surface area contributed by atoms with Crippen LogP contribution in [0.5, 0.6) is 0 Å². The van der Waals surface area contributed by atoms with E-state index in [1.54, 1.807) is 18.2 Å². The Kier molecular flexibility index (Phi) is 3.62. The third kappa shape index (κ3) is 2.88. The minimum atomic E-state index is -0.417. The van der Waals surface area contributed by atoms with Crippen molar-refractivity contribution in [1.82, 2.24) is 9.78 Å². The maximum Gasteiger partial charge on any atom is 0.267 e. The summed E-state index contributed by atoms with van der Waals surface area (Å²) in [5.41, 5.74) is -0.0223. The molecule has 0 aliphatic heterocycles. The van der Waals surface area contributed by atoms with Gasteiger partial charge in [0.05, 0.1) is 0 Å². The standard InChI is InChI=1S/C13H11FN2O2/c14-12-5-2-1-4-10(12)8-11(17)9-16-13(18)6-3-7-15-16/h1-7H,8-9H2. The second kappa shape index (κ2) is 5.35. The van der Waals surface area contributed by atoms with Crippen molar-refractivity contribution in [3.63, 3.8) is 0 Å². The van der Waals surface area contributed by atoms with Crippen molar-refractivity contribution in [1.29, 1.82) is 0 Å². The van der Waals surface area contributed by atoms with Gasteiger partial charge in [-0.2, -0.15) is 5.10 Å². The maximum absolute atomic E-state index is 13.3. The number of halogens is 1. The molecule has 1 aromatic heterocycles. The van der Waals surface area contributed by atoms with Crippen molar-refractivity contribution < 1.29 is 9.18 Å².